The number of hydrogen-bond donors (Lipinski definition) is 1. The molecule has 102 valence electrons. The first-order valence-electron chi connectivity index (χ1n) is 6.55. The average molecular weight is 268 g/mol. The fraction of sp³-hybridized carbons (Fsp3) is 0.692. The van der Waals surface area contributed by atoms with Crippen molar-refractivity contribution < 1.29 is 0 Å². The lowest BCUT2D eigenvalue weighted by Gasteiger charge is -2.10. The van der Waals surface area contributed by atoms with Crippen molar-refractivity contribution in [3.8, 4) is 0 Å². The van der Waals surface area contributed by atoms with E-state index >= 15 is 0 Å². The molecular weight excluding hydrogens is 244 g/mol. The summed E-state index contributed by atoms with van der Waals surface area (Å²) in [6, 6.07) is 2.04. The zero-order valence-electron chi connectivity index (χ0n) is 11.9. The largest absolute Gasteiger partial charge is 0.370 e. The van der Waals surface area contributed by atoms with Crippen LogP contribution in [-0.4, -0.2) is 47.8 Å². The van der Waals surface area contributed by atoms with Crippen molar-refractivity contribution in [3.05, 3.63) is 11.9 Å². The minimum absolute atomic E-state index is 0.893. The van der Waals surface area contributed by atoms with Gasteiger partial charge < -0.3 is 10.2 Å². The monoisotopic (exact) mass is 268 g/mol. The van der Waals surface area contributed by atoms with Crippen LogP contribution >= 0.6 is 11.8 Å². The minimum atomic E-state index is 0.893. The molecule has 18 heavy (non-hydrogen) atoms. The van der Waals surface area contributed by atoms with E-state index in [4.69, 9.17) is 0 Å². The molecule has 0 bridgehead atoms. The Labute approximate surface area is 115 Å². The van der Waals surface area contributed by atoms with Gasteiger partial charge in [0.05, 0.1) is 0 Å². The van der Waals surface area contributed by atoms with E-state index in [-0.39, 0.29) is 0 Å². The predicted octanol–water partition coefficient (Wildman–Crippen LogP) is 2.51. The lowest BCUT2D eigenvalue weighted by molar-refractivity contribution is 0.437. The SMILES string of the molecule is CCCc1nc(NCC)cc(SCCN(C)C)n1. The minimum Gasteiger partial charge on any atom is -0.370 e. The van der Waals surface area contributed by atoms with Crippen LogP contribution in [0.15, 0.2) is 11.1 Å². The van der Waals surface area contributed by atoms with Crippen LogP contribution in [0.2, 0.25) is 0 Å². The van der Waals surface area contributed by atoms with Gasteiger partial charge in [-0.3, -0.25) is 0 Å². The summed E-state index contributed by atoms with van der Waals surface area (Å²) in [5.74, 6) is 2.95. The van der Waals surface area contributed by atoms with Crippen LogP contribution in [0, 0.1) is 0 Å². The second-order valence-electron chi connectivity index (χ2n) is 4.44. The second-order valence-corrected chi connectivity index (χ2v) is 5.55. The third-order valence-corrected chi connectivity index (χ3v) is 3.26. The second kappa shape index (κ2) is 8.32. The smallest absolute Gasteiger partial charge is 0.132 e. The summed E-state index contributed by atoms with van der Waals surface area (Å²) in [6.07, 6.45) is 2.03. The molecule has 1 rings (SSSR count). The molecule has 0 aliphatic rings. The number of aromatic nitrogens is 2. The molecule has 1 aromatic rings. The Hall–Kier alpha value is -0.810. The number of thioether (sulfide) groups is 1. The van der Waals surface area contributed by atoms with Gasteiger partial charge in [0.15, 0.2) is 0 Å². The summed E-state index contributed by atoms with van der Waals surface area (Å²) in [6.45, 7) is 6.20. The summed E-state index contributed by atoms with van der Waals surface area (Å²) in [7, 11) is 4.18. The van der Waals surface area contributed by atoms with Crippen LogP contribution in [-0.2, 0) is 6.42 Å². The van der Waals surface area contributed by atoms with Crippen molar-refractivity contribution >= 4 is 17.6 Å². The lowest BCUT2D eigenvalue weighted by Crippen LogP contribution is -2.15. The van der Waals surface area contributed by atoms with Gasteiger partial charge in [-0.05, 0) is 27.4 Å². The Morgan fingerprint density at radius 3 is 2.67 bits per heavy atom. The van der Waals surface area contributed by atoms with E-state index in [1.165, 1.54) is 0 Å². The fourth-order valence-electron chi connectivity index (χ4n) is 1.49. The molecule has 0 radical (unpaired) electrons. The molecule has 0 atom stereocenters. The van der Waals surface area contributed by atoms with E-state index in [9.17, 15) is 0 Å². The third-order valence-electron chi connectivity index (χ3n) is 2.37. The van der Waals surface area contributed by atoms with Crippen LogP contribution in [0.5, 0.6) is 0 Å². The number of aryl methyl sites for hydroxylation is 1. The molecule has 5 heteroatoms. The zero-order chi connectivity index (χ0) is 13.4. The van der Waals surface area contributed by atoms with E-state index in [2.05, 4.69) is 48.1 Å². The first kappa shape index (κ1) is 15.2. The zero-order valence-corrected chi connectivity index (χ0v) is 12.7. The molecule has 1 aromatic heterocycles. The highest BCUT2D eigenvalue weighted by Crippen LogP contribution is 2.19. The van der Waals surface area contributed by atoms with E-state index in [1.807, 2.05) is 6.07 Å². The van der Waals surface area contributed by atoms with Crippen LogP contribution in [0.4, 0.5) is 5.82 Å². The molecule has 0 aliphatic carbocycles. The quantitative estimate of drug-likeness (QED) is 0.579. The maximum Gasteiger partial charge on any atom is 0.132 e. The normalized spacial score (nSPS) is 10.9. The molecule has 0 saturated carbocycles. The van der Waals surface area contributed by atoms with Gasteiger partial charge in [0, 0.05) is 31.3 Å². The van der Waals surface area contributed by atoms with Gasteiger partial charge in [-0.1, -0.05) is 6.92 Å². The van der Waals surface area contributed by atoms with Gasteiger partial charge in [-0.2, -0.15) is 0 Å². The van der Waals surface area contributed by atoms with Crippen molar-refractivity contribution in [1.29, 1.82) is 0 Å². The topological polar surface area (TPSA) is 41.1 Å². The van der Waals surface area contributed by atoms with E-state index in [0.717, 1.165) is 48.4 Å². The maximum atomic E-state index is 4.60. The molecular formula is C13H24N4S. The standard InChI is InChI=1S/C13H24N4S/c1-5-7-11-15-12(14-6-2)10-13(16-11)18-9-8-17(3)4/h10H,5-9H2,1-4H3,(H,14,15,16). The number of nitrogens with zero attached hydrogens (tertiary/aromatic N) is 3. The molecule has 0 aliphatic heterocycles. The van der Waals surface area contributed by atoms with E-state index in [0.29, 0.717) is 0 Å². The van der Waals surface area contributed by atoms with Gasteiger partial charge in [0.1, 0.15) is 16.7 Å². The predicted molar refractivity (Wildman–Crippen MR) is 79.5 cm³/mol. The highest BCUT2D eigenvalue weighted by atomic mass is 32.2. The van der Waals surface area contributed by atoms with Gasteiger partial charge in [0.2, 0.25) is 0 Å². The lowest BCUT2D eigenvalue weighted by atomic mass is 10.3. The average Bonchev–Trinajstić information content (AvgIpc) is 2.29. The molecule has 1 N–H and O–H groups in total. The molecule has 0 saturated heterocycles. The summed E-state index contributed by atoms with van der Waals surface area (Å²) in [5, 5.41) is 4.35. The number of anilines is 1. The Kier molecular flexibility index (Phi) is 7.05. The Morgan fingerprint density at radius 1 is 1.28 bits per heavy atom. The van der Waals surface area contributed by atoms with Crippen molar-refractivity contribution in [2.75, 3.05) is 38.3 Å². The van der Waals surface area contributed by atoms with E-state index in [1.54, 1.807) is 11.8 Å². The summed E-state index contributed by atoms with van der Waals surface area (Å²) >= 11 is 1.80. The van der Waals surface area contributed by atoms with Gasteiger partial charge in [-0.15, -0.1) is 11.8 Å². The summed E-state index contributed by atoms with van der Waals surface area (Å²) in [5.41, 5.74) is 0. The van der Waals surface area contributed by atoms with Crippen LogP contribution < -0.4 is 5.32 Å². The van der Waals surface area contributed by atoms with Gasteiger partial charge >= 0.3 is 0 Å². The summed E-state index contributed by atoms with van der Waals surface area (Å²) in [4.78, 5) is 11.3. The van der Waals surface area contributed by atoms with Crippen molar-refractivity contribution in [2.45, 2.75) is 31.7 Å². The third kappa shape index (κ3) is 5.69. The van der Waals surface area contributed by atoms with E-state index < -0.39 is 0 Å². The first-order valence-corrected chi connectivity index (χ1v) is 7.53. The van der Waals surface area contributed by atoms with Crippen molar-refractivity contribution in [2.24, 2.45) is 0 Å². The van der Waals surface area contributed by atoms with Crippen molar-refractivity contribution in [3.63, 3.8) is 0 Å². The maximum absolute atomic E-state index is 4.60. The van der Waals surface area contributed by atoms with Crippen LogP contribution in [0.1, 0.15) is 26.1 Å². The Bertz CT molecular complexity index is 331. The van der Waals surface area contributed by atoms with Crippen molar-refractivity contribution in [1.82, 2.24) is 14.9 Å². The van der Waals surface area contributed by atoms with Gasteiger partial charge in [0.25, 0.3) is 0 Å². The fourth-order valence-corrected chi connectivity index (χ4v) is 2.52. The first-order chi connectivity index (χ1) is 8.65. The molecule has 0 fully saturated rings. The Morgan fingerprint density at radius 2 is 2.06 bits per heavy atom. The molecule has 0 aromatic carbocycles. The number of rotatable bonds is 8. The van der Waals surface area contributed by atoms with Gasteiger partial charge in [-0.25, -0.2) is 9.97 Å². The molecule has 1 heterocycles. The highest BCUT2D eigenvalue weighted by molar-refractivity contribution is 7.99. The molecule has 4 nitrogen and oxygen atoms in total. The summed E-state index contributed by atoms with van der Waals surface area (Å²) < 4.78 is 0. The molecule has 0 unspecified atom stereocenters. The number of nitrogens with one attached hydrogen (secondary N) is 1. The molecule has 0 spiro atoms. The number of hydrogen-bond acceptors (Lipinski definition) is 5. The Balaban J connectivity index is 2.69. The highest BCUT2D eigenvalue weighted by Gasteiger charge is 2.04. The van der Waals surface area contributed by atoms with Crippen LogP contribution in [0.3, 0.4) is 0 Å². The molecule has 0 amide bonds. The van der Waals surface area contributed by atoms with Crippen LogP contribution in [0.25, 0.3) is 0 Å².